The Morgan fingerprint density at radius 1 is 1.06 bits per heavy atom. The highest BCUT2D eigenvalue weighted by atomic mass is 16.4. The van der Waals surface area contributed by atoms with Crippen LogP contribution in [-0.4, -0.2) is 34.2 Å². The van der Waals surface area contributed by atoms with E-state index >= 15 is 0 Å². The molecule has 2 aromatic carbocycles. The fourth-order valence-corrected chi connectivity index (χ4v) is 4.83. The average molecular weight is 432 g/mol. The van der Waals surface area contributed by atoms with E-state index in [0.717, 1.165) is 10.3 Å². The molecule has 3 aromatic rings. The number of nitrogens with one attached hydrogen (secondary N) is 1. The van der Waals surface area contributed by atoms with Gasteiger partial charge in [-0.3, -0.25) is 24.5 Å². The summed E-state index contributed by atoms with van der Waals surface area (Å²) in [4.78, 5) is 51.7. The van der Waals surface area contributed by atoms with E-state index in [9.17, 15) is 24.3 Å². The molecular formula is C24H20N2O6. The van der Waals surface area contributed by atoms with Gasteiger partial charge in [0.15, 0.2) is 5.78 Å². The molecule has 1 aromatic heterocycles. The third kappa shape index (κ3) is 2.73. The van der Waals surface area contributed by atoms with Gasteiger partial charge in [0.25, 0.3) is 0 Å². The number of imide groups is 1. The van der Waals surface area contributed by atoms with E-state index in [0.29, 0.717) is 22.6 Å². The minimum absolute atomic E-state index is 0.139. The summed E-state index contributed by atoms with van der Waals surface area (Å²) < 4.78 is 5.92. The quantitative estimate of drug-likeness (QED) is 0.481. The van der Waals surface area contributed by atoms with Gasteiger partial charge < -0.3 is 9.52 Å². The van der Waals surface area contributed by atoms with Crippen molar-refractivity contribution in [3.05, 3.63) is 65.9 Å². The number of carbonyl (C=O) groups is 4. The lowest BCUT2D eigenvalue weighted by Gasteiger charge is -2.26. The van der Waals surface area contributed by atoms with E-state index < -0.39 is 41.2 Å². The molecule has 8 nitrogen and oxygen atoms in total. The van der Waals surface area contributed by atoms with Crippen LogP contribution in [0.1, 0.15) is 36.0 Å². The molecule has 0 bridgehead atoms. The SMILES string of the molecule is CC(=O)c1ccc(N2C(=O)C3C(c4cc5ccccc5o4)NC(C)(C(=O)O)C3C2=O)cc1. The van der Waals surface area contributed by atoms with Crippen molar-refractivity contribution >= 4 is 40.2 Å². The van der Waals surface area contributed by atoms with Crippen molar-refractivity contribution in [2.45, 2.75) is 25.4 Å². The van der Waals surface area contributed by atoms with Crippen molar-refractivity contribution in [1.82, 2.24) is 5.32 Å². The molecule has 2 aliphatic rings. The Hall–Kier alpha value is -3.78. The highest BCUT2D eigenvalue weighted by Crippen LogP contribution is 2.50. The van der Waals surface area contributed by atoms with Gasteiger partial charge in [0.1, 0.15) is 16.9 Å². The fourth-order valence-electron chi connectivity index (χ4n) is 4.83. The Balaban J connectivity index is 1.59. The summed E-state index contributed by atoms with van der Waals surface area (Å²) in [7, 11) is 0. The Morgan fingerprint density at radius 3 is 2.38 bits per heavy atom. The number of carbonyl (C=O) groups excluding carboxylic acids is 3. The Morgan fingerprint density at radius 2 is 1.75 bits per heavy atom. The molecular weight excluding hydrogens is 412 g/mol. The van der Waals surface area contributed by atoms with E-state index in [2.05, 4.69) is 5.32 Å². The summed E-state index contributed by atoms with van der Waals surface area (Å²) in [5.74, 6) is -4.11. The predicted octanol–water partition coefficient (Wildman–Crippen LogP) is 2.93. The minimum Gasteiger partial charge on any atom is -0.480 e. The van der Waals surface area contributed by atoms with Crippen LogP contribution < -0.4 is 10.2 Å². The number of para-hydroxylation sites is 1. The molecule has 0 saturated carbocycles. The maximum Gasteiger partial charge on any atom is 0.324 e. The van der Waals surface area contributed by atoms with Gasteiger partial charge in [0.2, 0.25) is 11.8 Å². The third-order valence-corrected chi connectivity index (χ3v) is 6.51. The van der Waals surface area contributed by atoms with Crippen LogP contribution >= 0.6 is 0 Å². The number of carboxylic acid groups (broad SMARTS) is 1. The number of ketones is 1. The summed E-state index contributed by atoms with van der Waals surface area (Å²) in [6.07, 6.45) is 0. The molecule has 3 heterocycles. The van der Waals surface area contributed by atoms with Gasteiger partial charge in [0.05, 0.1) is 23.6 Å². The van der Waals surface area contributed by atoms with Crippen LogP contribution in [0.3, 0.4) is 0 Å². The molecule has 162 valence electrons. The maximum absolute atomic E-state index is 13.5. The molecule has 2 N–H and O–H groups in total. The second kappa shape index (κ2) is 6.86. The number of furan rings is 1. The number of amides is 2. The minimum atomic E-state index is -1.66. The van der Waals surface area contributed by atoms with E-state index in [-0.39, 0.29) is 5.78 Å². The van der Waals surface area contributed by atoms with Crippen molar-refractivity contribution in [3.8, 4) is 0 Å². The summed E-state index contributed by atoms with van der Waals surface area (Å²) in [5, 5.41) is 13.8. The molecule has 2 saturated heterocycles. The van der Waals surface area contributed by atoms with E-state index in [1.807, 2.05) is 18.2 Å². The number of fused-ring (bicyclic) bond motifs is 2. The molecule has 32 heavy (non-hydrogen) atoms. The van der Waals surface area contributed by atoms with Crippen LogP contribution in [0.2, 0.25) is 0 Å². The summed E-state index contributed by atoms with van der Waals surface area (Å²) in [6.45, 7) is 2.84. The lowest BCUT2D eigenvalue weighted by atomic mass is 9.81. The number of benzene rings is 2. The largest absolute Gasteiger partial charge is 0.480 e. The number of hydrogen-bond donors (Lipinski definition) is 2. The molecule has 5 rings (SSSR count). The molecule has 2 aliphatic heterocycles. The zero-order valence-electron chi connectivity index (χ0n) is 17.4. The standard InChI is InChI=1S/C24H20N2O6/c1-12(27)13-7-9-15(10-8-13)26-21(28)18-19(22(26)29)24(2,23(30)31)25-20(18)17-11-14-5-3-4-6-16(14)32-17/h3-11,18-20,25H,1-2H3,(H,30,31). The zero-order valence-corrected chi connectivity index (χ0v) is 17.4. The molecule has 8 heteroatoms. The molecule has 2 amide bonds. The van der Waals surface area contributed by atoms with Crippen LogP contribution in [0.15, 0.2) is 59.0 Å². The highest BCUT2D eigenvalue weighted by Gasteiger charge is 2.67. The second-order valence-corrected chi connectivity index (χ2v) is 8.43. The highest BCUT2D eigenvalue weighted by molar-refractivity contribution is 6.24. The molecule has 4 atom stereocenters. The van der Waals surface area contributed by atoms with E-state index in [1.165, 1.54) is 38.1 Å². The van der Waals surface area contributed by atoms with Crippen LogP contribution in [0.4, 0.5) is 5.69 Å². The smallest absolute Gasteiger partial charge is 0.324 e. The number of rotatable bonds is 4. The van der Waals surface area contributed by atoms with Gasteiger partial charge in [-0.1, -0.05) is 18.2 Å². The van der Waals surface area contributed by atoms with Crippen LogP contribution in [-0.2, 0) is 14.4 Å². The lowest BCUT2D eigenvalue weighted by molar-refractivity contribution is -0.147. The molecule has 0 aliphatic carbocycles. The molecule has 0 radical (unpaired) electrons. The maximum atomic E-state index is 13.5. The first-order valence-corrected chi connectivity index (χ1v) is 10.2. The van der Waals surface area contributed by atoms with Gasteiger partial charge in [-0.05, 0) is 50.2 Å². The topological polar surface area (TPSA) is 117 Å². The van der Waals surface area contributed by atoms with Crippen molar-refractivity contribution in [3.63, 3.8) is 0 Å². The van der Waals surface area contributed by atoms with Crippen molar-refractivity contribution in [2.24, 2.45) is 11.8 Å². The van der Waals surface area contributed by atoms with E-state index in [1.54, 1.807) is 12.1 Å². The Kier molecular flexibility index (Phi) is 4.32. The summed E-state index contributed by atoms with van der Waals surface area (Å²) in [5.41, 5.74) is -0.297. The normalized spacial score (nSPS) is 27.2. The summed E-state index contributed by atoms with van der Waals surface area (Å²) >= 11 is 0. The van der Waals surface area contributed by atoms with Crippen LogP contribution in [0, 0.1) is 11.8 Å². The summed E-state index contributed by atoms with van der Waals surface area (Å²) in [6, 6.07) is 14.4. The Bertz CT molecular complexity index is 1260. The fraction of sp³-hybridized carbons (Fsp3) is 0.250. The lowest BCUT2D eigenvalue weighted by Crippen LogP contribution is -2.53. The van der Waals surface area contributed by atoms with Gasteiger partial charge in [-0.15, -0.1) is 0 Å². The van der Waals surface area contributed by atoms with Gasteiger partial charge in [-0.25, -0.2) is 4.90 Å². The van der Waals surface area contributed by atoms with Gasteiger partial charge in [-0.2, -0.15) is 0 Å². The number of aliphatic carboxylic acids is 1. The third-order valence-electron chi connectivity index (χ3n) is 6.51. The van der Waals surface area contributed by atoms with Crippen LogP contribution in [0.25, 0.3) is 11.0 Å². The zero-order chi connectivity index (χ0) is 22.8. The second-order valence-electron chi connectivity index (χ2n) is 8.43. The number of anilines is 1. The van der Waals surface area contributed by atoms with Gasteiger partial charge >= 0.3 is 5.97 Å². The Labute approximate surface area is 182 Å². The van der Waals surface area contributed by atoms with E-state index in [4.69, 9.17) is 4.42 Å². The van der Waals surface area contributed by atoms with Crippen LogP contribution in [0.5, 0.6) is 0 Å². The number of nitrogens with zero attached hydrogens (tertiary/aromatic N) is 1. The van der Waals surface area contributed by atoms with Crippen molar-refractivity contribution < 1.29 is 28.7 Å². The molecule has 0 spiro atoms. The number of hydrogen-bond acceptors (Lipinski definition) is 6. The predicted molar refractivity (Wildman–Crippen MR) is 114 cm³/mol. The monoisotopic (exact) mass is 432 g/mol. The first kappa shape index (κ1) is 20.1. The van der Waals surface area contributed by atoms with Gasteiger partial charge in [0, 0.05) is 10.9 Å². The van der Waals surface area contributed by atoms with Crippen molar-refractivity contribution in [1.29, 1.82) is 0 Å². The average Bonchev–Trinajstić information content (AvgIpc) is 3.40. The number of carboxylic acids is 1. The molecule has 4 unspecified atom stereocenters. The first-order chi connectivity index (χ1) is 15.2. The first-order valence-electron chi connectivity index (χ1n) is 10.2. The molecule has 2 fully saturated rings. The van der Waals surface area contributed by atoms with Crippen molar-refractivity contribution in [2.75, 3.05) is 4.90 Å². The number of Topliss-reactive ketones (excluding diaryl/α,β-unsaturated/α-hetero) is 1.